The van der Waals surface area contributed by atoms with Gasteiger partial charge in [-0.2, -0.15) is 0 Å². The minimum Gasteiger partial charge on any atom is -0.352 e. The highest BCUT2D eigenvalue weighted by molar-refractivity contribution is 7.98. The van der Waals surface area contributed by atoms with Gasteiger partial charge in [-0.3, -0.25) is 14.9 Å². The molecule has 0 fully saturated rings. The number of benzene rings is 1. The Balaban J connectivity index is 0.00000361. The third-order valence-corrected chi connectivity index (χ3v) is 3.38. The van der Waals surface area contributed by atoms with Crippen molar-refractivity contribution in [1.29, 1.82) is 0 Å². The Morgan fingerprint density at radius 3 is 2.70 bits per heavy atom. The van der Waals surface area contributed by atoms with Crippen molar-refractivity contribution in [2.45, 2.75) is 11.8 Å². The van der Waals surface area contributed by atoms with Crippen molar-refractivity contribution < 1.29 is 9.72 Å². The number of nitrogens with one attached hydrogen (secondary N) is 1. The van der Waals surface area contributed by atoms with Crippen LogP contribution in [-0.2, 0) is 0 Å². The molecule has 20 heavy (non-hydrogen) atoms. The highest BCUT2D eigenvalue weighted by Crippen LogP contribution is 2.24. The molecule has 112 valence electrons. The van der Waals surface area contributed by atoms with Crippen LogP contribution >= 0.6 is 24.2 Å². The van der Waals surface area contributed by atoms with Gasteiger partial charge in [0.15, 0.2) is 0 Å². The van der Waals surface area contributed by atoms with Crippen LogP contribution in [0, 0.1) is 16.0 Å². The van der Waals surface area contributed by atoms with Gasteiger partial charge >= 0.3 is 0 Å². The number of nitrogens with zero attached hydrogens (tertiary/aromatic N) is 1. The molecule has 3 N–H and O–H groups in total. The SMILES string of the molecule is CSc1ccc([N+](=O)[O-])c(C(=O)NCC(C)CN)c1.Cl. The lowest BCUT2D eigenvalue weighted by Gasteiger charge is -2.10. The second-order valence-corrected chi connectivity index (χ2v) is 5.07. The van der Waals surface area contributed by atoms with Crippen LogP contribution in [0.25, 0.3) is 0 Å². The first kappa shape index (κ1) is 18.7. The minimum atomic E-state index is -0.550. The molecule has 1 amide bonds. The standard InChI is InChI=1S/C12H17N3O3S.ClH/c1-8(6-13)7-14-12(16)10-5-9(19-2)3-4-11(10)15(17)18;/h3-5,8H,6-7,13H2,1-2H3,(H,14,16);1H. The van der Waals surface area contributed by atoms with Gasteiger partial charge in [-0.15, -0.1) is 24.2 Å². The molecule has 0 aliphatic rings. The van der Waals surface area contributed by atoms with Crippen LogP contribution < -0.4 is 11.1 Å². The van der Waals surface area contributed by atoms with E-state index >= 15 is 0 Å². The average molecular weight is 320 g/mol. The summed E-state index contributed by atoms with van der Waals surface area (Å²) in [7, 11) is 0. The number of nitro benzene ring substituents is 1. The zero-order valence-electron chi connectivity index (χ0n) is 11.3. The summed E-state index contributed by atoms with van der Waals surface area (Å²) >= 11 is 1.43. The van der Waals surface area contributed by atoms with Crippen LogP contribution in [0.5, 0.6) is 0 Å². The molecule has 0 saturated heterocycles. The lowest BCUT2D eigenvalue weighted by Crippen LogP contribution is -2.31. The number of nitrogens with two attached hydrogens (primary N) is 1. The second kappa shape index (κ2) is 8.78. The Kier molecular flexibility index (Phi) is 8.21. The van der Waals surface area contributed by atoms with Crippen molar-refractivity contribution in [1.82, 2.24) is 5.32 Å². The maximum Gasteiger partial charge on any atom is 0.282 e. The Bertz CT molecular complexity index is 485. The Morgan fingerprint density at radius 2 is 2.20 bits per heavy atom. The number of nitro groups is 1. The zero-order valence-corrected chi connectivity index (χ0v) is 12.9. The van der Waals surface area contributed by atoms with Crippen LogP contribution in [0.4, 0.5) is 5.69 Å². The number of halogens is 1. The number of rotatable bonds is 6. The van der Waals surface area contributed by atoms with Gasteiger partial charge in [-0.05, 0) is 30.9 Å². The first-order valence-electron chi connectivity index (χ1n) is 5.80. The quantitative estimate of drug-likeness (QED) is 0.475. The first-order valence-corrected chi connectivity index (χ1v) is 7.02. The summed E-state index contributed by atoms with van der Waals surface area (Å²) in [4.78, 5) is 23.2. The van der Waals surface area contributed by atoms with Crippen molar-refractivity contribution in [2.75, 3.05) is 19.3 Å². The third kappa shape index (κ3) is 4.99. The van der Waals surface area contributed by atoms with E-state index in [-0.39, 0.29) is 29.6 Å². The van der Waals surface area contributed by atoms with Gasteiger partial charge in [-0.1, -0.05) is 6.92 Å². The molecule has 1 rings (SSSR count). The maximum atomic E-state index is 12.0. The fraction of sp³-hybridized carbons (Fsp3) is 0.417. The summed E-state index contributed by atoms with van der Waals surface area (Å²) in [6, 6.07) is 4.51. The zero-order chi connectivity index (χ0) is 14.4. The van der Waals surface area contributed by atoms with E-state index in [4.69, 9.17) is 5.73 Å². The Hall–Kier alpha value is -1.31. The van der Waals surface area contributed by atoms with Crippen molar-refractivity contribution in [3.63, 3.8) is 0 Å². The minimum absolute atomic E-state index is 0. The smallest absolute Gasteiger partial charge is 0.282 e. The molecule has 0 radical (unpaired) electrons. The van der Waals surface area contributed by atoms with E-state index < -0.39 is 10.8 Å². The molecule has 1 aromatic rings. The highest BCUT2D eigenvalue weighted by atomic mass is 35.5. The topological polar surface area (TPSA) is 98.3 Å². The van der Waals surface area contributed by atoms with Gasteiger partial charge in [0.1, 0.15) is 5.56 Å². The number of carbonyl (C=O) groups is 1. The van der Waals surface area contributed by atoms with Gasteiger partial charge in [0.2, 0.25) is 0 Å². The Labute approximate surface area is 128 Å². The van der Waals surface area contributed by atoms with Gasteiger partial charge in [0.25, 0.3) is 11.6 Å². The molecule has 1 unspecified atom stereocenters. The lowest BCUT2D eigenvalue weighted by molar-refractivity contribution is -0.385. The van der Waals surface area contributed by atoms with Crippen LogP contribution in [0.2, 0.25) is 0 Å². The van der Waals surface area contributed by atoms with Gasteiger partial charge in [-0.25, -0.2) is 0 Å². The number of hydrogen-bond acceptors (Lipinski definition) is 5. The van der Waals surface area contributed by atoms with Crippen LogP contribution in [-0.4, -0.2) is 30.2 Å². The first-order chi connectivity index (χ1) is 8.99. The summed E-state index contributed by atoms with van der Waals surface area (Å²) in [5, 5.41) is 13.6. The summed E-state index contributed by atoms with van der Waals surface area (Å²) in [6.07, 6.45) is 1.85. The van der Waals surface area contributed by atoms with Crippen molar-refractivity contribution in [2.24, 2.45) is 11.7 Å². The van der Waals surface area contributed by atoms with Crippen molar-refractivity contribution in [3.8, 4) is 0 Å². The van der Waals surface area contributed by atoms with Crippen LogP contribution in [0.15, 0.2) is 23.1 Å². The lowest BCUT2D eigenvalue weighted by atomic mass is 10.1. The molecular formula is C12H18ClN3O3S. The molecule has 0 bridgehead atoms. The van der Waals surface area contributed by atoms with Gasteiger partial charge < -0.3 is 11.1 Å². The number of carbonyl (C=O) groups excluding carboxylic acids is 1. The number of amides is 1. The molecule has 0 spiro atoms. The summed E-state index contributed by atoms with van der Waals surface area (Å²) in [6.45, 7) is 2.75. The average Bonchev–Trinajstić information content (AvgIpc) is 2.43. The molecule has 6 nitrogen and oxygen atoms in total. The predicted octanol–water partition coefficient (Wildman–Crippen LogP) is 2.06. The Morgan fingerprint density at radius 1 is 1.55 bits per heavy atom. The van der Waals surface area contributed by atoms with Crippen LogP contribution in [0.1, 0.15) is 17.3 Å². The molecule has 0 aliphatic heterocycles. The van der Waals surface area contributed by atoms with E-state index in [0.717, 1.165) is 4.90 Å². The summed E-state index contributed by atoms with van der Waals surface area (Å²) < 4.78 is 0. The predicted molar refractivity (Wildman–Crippen MR) is 82.7 cm³/mol. The van der Waals surface area contributed by atoms with E-state index in [0.29, 0.717) is 13.1 Å². The summed E-state index contributed by atoms with van der Waals surface area (Å²) in [5.41, 5.74) is 5.36. The maximum absolute atomic E-state index is 12.0. The monoisotopic (exact) mass is 319 g/mol. The van der Waals surface area contributed by atoms with E-state index in [1.54, 1.807) is 6.07 Å². The molecular weight excluding hydrogens is 302 g/mol. The van der Waals surface area contributed by atoms with Crippen molar-refractivity contribution in [3.05, 3.63) is 33.9 Å². The van der Waals surface area contributed by atoms with Crippen LogP contribution in [0.3, 0.4) is 0 Å². The van der Waals surface area contributed by atoms with E-state index in [2.05, 4.69) is 5.32 Å². The molecule has 0 heterocycles. The van der Waals surface area contributed by atoms with Crippen molar-refractivity contribution >= 4 is 35.8 Å². The normalized spacial score (nSPS) is 11.3. The largest absolute Gasteiger partial charge is 0.352 e. The fourth-order valence-electron chi connectivity index (χ4n) is 1.43. The van der Waals surface area contributed by atoms with E-state index in [1.165, 1.54) is 23.9 Å². The molecule has 0 saturated carbocycles. The molecule has 1 atom stereocenters. The molecule has 0 aliphatic carbocycles. The fourth-order valence-corrected chi connectivity index (χ4v) is 1.87. The highest BCUT2D eigenvalue weighted by Gasteiger charge is 2.20. The number of thioether (sulfide) groups is 1. The van der Waals surface area contributed by atoms with Gasteiger partial charge in [0.05, 0.1) is 4.92 Å². The van der Waals surface area contributed by atoms with Gasteiger partial charge in [0, 0.05) is 17.5 Å². The molecule has 8 heteroatoms. The van der Waals surface area contributed by atoms with E-state index in [9.17, 15) is 14.9 Å². The molecule has 0 aromatic heterocycles. The summed E-state index contributed by atoms with van der Waals surface area (Å²) in [5.74, 6) is -0.311. The number of hydrogen-bond donors (Lipinski definition) is 2. The molecule has 1 aromatic carbocycles. The second-order valence-electron chi connectivity index (χ2n) is 4.19. The van der Waals surface area contributed by atoms with E-state index in [1.807, 2.05) is 13.2 Å². The third-order valence-electron chi connectivity index (χ3n) is 2.66.